The molecule has 0 fully saturated rings. The molecular formula is C21H22N2O2. The first-order valence-electron chi connectivity index (χ1n) is 8.48. The van der Waals surface area contributed by atoms with Crippen molar-refractivity contribution in [3.05, 3.63) is 71.4 Å². The Kier molecular flexibility index (Phi) is 4.98. The molecule has 0 bridgehead atoms. The molecule has 0 spiro atoms. The zero-order valence-corrected chi connectivity index (χ0v) is 14.7. The molecule has 3 aromatic rings. The second-order valence-corrected chi connectivity index (χ2v) is 6.02. The molecule has 1 aromatic heterocycles. The maximum atomic E-state index is 12.4. The van der Waals surface area contributed by atoms with Crippen molar-refractivity contribution in [3.63, 3.8) is 0 Å². The van der Waals surface area contributed by atoms with Crippen LogP contribution in [0.1, 0.15) is 41.4 Å². The van der Waals surface area contributed by atoms with E-state index in [2.05, 4.69) is 29.4 Å². The number of benzene rings is 2. The second-order valence-electron chi connectivity index (χ2n) is 6.02. The summed E-state index contributed by atoms with van der Waals surface area (Å²) in [4.78, 5) is 16.9. The lowest BCUT2D eigenvalue weighted by molar-refractivity contribution is 0.0527. The van der Waals surface area contributed by atoms with Gasteiger partial charge in [0.05, 0.1) is 17.8 Å². The van der Waals surface area contributed by atoms with Gasteiger partial charge in [0, 0.05) is 17.6 Å². The molecule has 0 amide bonds. The lowest BCUT2D eigenvalue weighted by atomic mass is 10.0. The topological polar surface area (TPSA) is 51.2 Å². The summed E-state index contributed by atoms with van der Waals surface area (Å²) in [5, 5.41) is 4.42. The number of aromatic nitrogens is 1. The van der Waals surface area contributed by atoms with E-state index in [1.54, 1.807) is 13.1 Å². The van der Waals surface area contributed by atoms with E-state index in [0.29, 0.717) is 12.2 Å². The molecule has 0 aliphatic heterocycles. The number of fused-ring (bicyclic) bond motifs is 1. The Morgan fingerprint density at radius 1 is 1.16 bits per heavy atom. The largest absolute Gasteiger partial charge is 0.462 e. The first-order chi connectivity index (χ1) is 12.1. The van der Waals surface area contributed by atoms with Crippen molar-refractivity contribution < 1.29 is 9.53 Å². The number of ether oxygens (including phenoxy) is 1. The third-order valence-electron chi connectivity index (χ3n) is 4.25. The minimum atomic E-state index is -0.360. The van der Waals surface area contributed by atoms with Crippen LogP contribution in [-0.4, -0.2) is 17.6 Å². The predicted octanol–water partition coefficient (Wildman–Crippen LogP) is 4.89. The Labute approximate surface area is 147 Å². The molecule has 3 rings (SSSR count). The Morgan fingerprint density at radius 3 is 2.64 bits per heavy atom. The van der Waals surface area contributed by atoms with Gasteiger partial charge in [0.15, 0.2) is 0 Å². The molecule has 1 heterocycles. The fourth-order valence-corrected chi connectivity index (χ4v) is 2.93. The number of anilines is 1. The highest BCUT2D eigenvalue weighted by Gasteiger charge is 2.19. The molecule has 4 nitrogen and oxygen atoms in total. The van der Waals surface area contributed by atoms with Crippen LogP contribution in [0, 0.1) is 6.92 Å². The van der Waals surface area contributed by atoms with Crippen molar-refractivity contribution in [2.24, 2.45) is 0 Å². The maximum Gasteiger partial charge on any atom is 0.341 e. The monoisotopic (exact) mass is 334 g/mol. The number of carbonyl (C=O) groups excluding carboxylic acids is 1. The number of esters is 1. The standard InChI is InChI=1S/C21H22N2O2/c1-4-25-21(24)18-13-22-19-14(2)9-8-12-17(19)20(18)23-15(3)16-10-6-5-7-11-16/h5-13,15H,4H2,1-3H3,(H,22,23). The van der Waals surface area contributed by atoms with Gasteiger partial charge in [-0.1, -0.05) is 48.5 Å². The summed E-state index contributed by atoms with van der Waals surface area (Å²) in [5.74, 6) is -0.360. The lowest BCUT2D eigenvalue weighted by Crippen LogP contribution is -2.14. The number of nitrogens with zero attached hydrogens (tertiary/aromatic N) is 1. The molecule has 0 aliphatic rings. The van der Waals surface area contributed by atoms with Gasteiger partial charge in [-0.25, -0.2) is 4.79 Å². The highest BCUT2D eigenvalue weighted by Crippen LogP contribution is 2.31. The third kappa shape index (κ3) is 3.48. The molecule has 1 atom stereocenters. The van der Waals surface area contributed by atoms with E-state index < -0.39 is 0 Å². The molecular weight excluding hydrogens is 312 g/mol. The van der Waals surface area contributed by atoms with Gasteiger partial charge < -0.3 is 10.1 Å². The van der Waals surface area contributed by atoms with E-state index in [1.807, 2.05) is 43.3 Å². The van der Waals surface area contributed by atoms with E-state index in [4.69, 9.17) is 4.74 Å². The van der Waals surface area contributed by atoms with Gasteiger partial charge in [0.2, 0.25) is 0 Å². The Hall–Kier alpha value is -2.88. The summed E-state index contributed by atoms with van der Waals surface area (Å²) < 4.78 is 5.22. The van der Waals surface area contributed by atoms with Gasteiger partial charge >= 0.3 is 5.97 Å². The summed E-state index contributed by atoms with van der Waals surface area (Å²) in [6, 6.07) is 16.2. The van der Waals surface area contributed by atoms with Crippen molar-refractivity contribution >= 4 is 22.6 Å². The van der Waals surface area contributed by atoms with E-state index in [0.717, 1.165) is 27.7 Å². The molecule has 1 N–H and O–H groups in total. The van der Waals surface area contributed by atoms with E-state index in [1.165, 1.54) is 0 Å². The smallest absolute Gasteiger partial charge is 0.341 e. The SMILES string of the molecule is CCOC(=O)c1cnc2c(C)cccc2c1NC(C)c1ccccc1. The summed E-state index contributed by atoms with van der Waals surface area (Å²) in [5.41, 5.74) is 4.34. The van der Waals surface area contributed by atoms with Crippen LogP contribution in [0.15, 0.2) is 54.7 Å². The van der Waals surface area contributed by atoms with Crippen LogP contribution in [0.4, 0.5) is 5.69 Å². The van der Waals surface area contributed by atoms with Crippen molar-refractivity contribution in [1.29, 1.82) is 0 Å². The predicted molar refractivity (Wildman–Crippen MR) is 101 cm³/mol. The summed E-state index contributed by atoms with van der Waals surface area (Å²) >= 11 is 0. The highest BCUT2D eigenvalue weighted by atomic mass is 16.5. The quantitative estimate of drug-likeness (QED) is 0.675. The van der Waals surface area contributed by atoms with Crippen LogP contribution in [0.25, 0.3) is 10.9 Å². The van der Waals surface area contributed by atoms with Crippen LogP contribution in [0.3, 0.4) is 0 Å². The number of aryl methyl sites for hydroxylation is 1. The van der Waals surface area contributed by atoms with Crippen LogP contribution >= 0.6 is 0 Å². The zero-order valence-electron chi connectivity index (χ0n) is 14.7. The van der Waals surface area contributed by atoms with Crippen LogP contribution in [-0.2, 0) is 4.74 Å². The van der Waals surface area contributed by atoms with Crippen molar-refractivity contribution in [2.75, 3.05) is 11.9 Å². The molecule has 1 unspecified atom stereocenters. The number of para-hydroxylation sites is 1. The van der Waals surface area contributed by atoms with Gasteiger partial charge in [-0.2, -0.15) is 0 Å². The van der Waals surface area contributed by atoms with Crippen molar-refractivity contribution in [1.82, 2.24) is 4.98 Å². The van der Waals surface area contributed by atoms with Gasteiger partial charge in [0.25, 0.3) is 0 Å². The number of pyridine rings is 1. The highest BCUT2D eigenvalue weighted by molar-refractivity contribution is 6.05. The summed E-state index contributed by atoms with van der Waals surface area (Å²) in [6.45, 7) is 6.23. The number of rotatable bonds is 5. The first kappa shape index (κ1) is 17.0. The Bertz CT molecular complexity index is 891. The van der Waals surface area contributed by atoms with E-state index in [-0.39, 0.29) is 12.0 Å². The van der Waals surface area contributed by atoms with Crippen LogP contribution < -0.4 is 5.32 Å². The number of hydrogen-bond acceptors (Lipinski definition) is 4. The maximum absolute atomic E-state index is 12.4. The zero-order chi connectivity index (χ0) is 17.8. The fourth-order valence-electron chi connectivity index (χ4n) is 2.93. The average Bonchev–Trinajstić information content (AvgIpc) is 2.63. The summed E-state index contributed by atoms with van der Waals surface area (Å²) in [7, 11) is 0. The Morgan fingerprint density at radius 2 is 1.92 bits per heavy atom. The normalized spacial score (nSPS) is 12.0. The second kappa shape index (κ2) is 7.34. The van der Waals surface area contributed by atoms with Gasteiger partial charge in [-0.15, -0.1) is 0 Å². The van der Waals surface area contributed by atoms with Gasteiger partial charge in [-0.05, 0) is 31.9 Å². The fraction of sp³-hybridized carbons (Fsp3) is 0.238. The molecule has 4 heteroatoms. The lowest BCUT2D eigenvalue weighted by Gasteiger charge is -2.20. The van der Waals surface area contributed by atoms with Crippen molar-refractivity contribution in [2.45, 2.75) is 26.8 Å². The Balaban J connectivity index is 2.10. The molecule has 0 aliphatic carbocycles. The third-order valence-corrected chi connectivity index (χ3v) is 4.25. The molecule has 2 aromatic carbocycles. The number of hydrogen-bond donors (Lipinski definition) is 1. The number of carbonyl (C=O) groups is 1. The molecule has 128 valence electrons. The van der Waals surface area contributed by atoms with Gasteiger partial charge in [0.1, 0.15) is 5.56 Å². The van der Waals surface area contributed by atoms with Crippen molar-refractivity contribution in [3.8, 4) is 0 Å². The molecule has 25 heavy (non-hydrogen) atoms. The van der Waals surface area contributed by atoms with Crippen LogP contribution in [0.5, 0.6) is 0 Å². The minimum Gasteiger partial charge on any atom is -0.462 e. The average molecular weight is 334 g/mol. The molecule has 0 radical (unpaired) electrons. The minimum absolute atomic E-state index is 0.0421. The summed E-state index contributed by atoms with van der Waals surface area (Å²) in [6.07, 6.45) is 1.60. The first-order valence-corrected chi connectivity index (χ1v) is 8.48. The number of nitrogens with one attached hydrogen (secondary N) is 1. The molecule has 0 saturated heterocycles. The van der Waals surface area contributed by atoms with Gasteiger partial charge in [-0.3, -0.25) is 4.98 Å². The van der Waals surface area contributed by atoms with E-state index in [9.17, 15) is 4.79 Å². The van der Waals surface area contributed by atoms with E-state index >= 15 is 0 Å². The van der Waals surface area contributed by atoms with Crippen LogP contribution in [0.2, 0.25) is 0 Å². The molecule has 0 saturated carbocycles.